The minimum atomic E-state index is 0.688. The highest BCUT2D eigenvalue weighted by atomic mass is 15.4. The normalized spacial score (nSPS) is 24.8. The Hall–Kier alpha value is -0.870. The van der Waals surface area contributed by atoms with Gasteiger partial charge >= 0.3 is 0 Å². The van der Waals surface area contributed by atoms with Crippen LogP contribution >= 0.6 is 0 Å². The zero-order valence-electron chi connectivity index (χ0n) is 7.76. The predicted molar refractivity (Wildman–Crippen MR) is 50.7 cm³/mol. The standard InChI is InChI=1S/C9H16N4/c10-13-4-1-2-9(7-13)6-12-5-3-11-8-12/h3,5,8-9H,1-2,4,6-7,10H2/t9-/m1/s1. The van der Waals surface area contributed by atoms with E-state index in [4.69, 9.17) is 5.84 Å². The van der Waals surface area contributed by atoms with E-state index in [-0.39, 0.29) is 0 Å². The van der Waals surface area contributed by atoms with Crippen molar-refractivity contribution in [3.8, 4) is 0 Å². The molecule has 2 heterocycles. The molecule has 2 N–H and O–H groups in total. The lowest BCUT2D eigenvalue weighted by atomic mass is 9.99. The molecule has 4 heteroatoms. The monoisotopic (exact) mass is 180 g/mol. The Balaban J connectivity index is 1.87. The number of nitrogens with two attached hydrogens (primary N) is 1. The molecule has 1 fully saturated rings. The highest BCUT2D eigenvalue weighted by Crippen LogP contribution is 2.15. The summed E-state index contributed by atoms with van der Waals surface area (Å²) < 4.78 is 2.13. The third kappa shape index (κ3) is 2.29. The maximum absolute atomic E-state index is 5.76. The van der Waals surface area contributed by atoms with Crippen molar-refractivity contribution in [1.82, 2.24) is 14.6 Å². The largest absolute Gasteiger partial charge is 0.337 e. The first-order chi connectivity index (χ1) is 6.34. The molecule has 2 rings (SSSR count). The van der Waals surface area contributed by atoms with Crippen LogP contribution in [-0.4, -0.2) is 27.6 Å². The number of aromatic nitrogens is 2. The molecule has 4 nitrogen and oxygen atoms in total. The maximum Gasteiger partial charge on any atom is 0.0946 e. The molecule has 72 valence electrons. The molecule has 0 saturated carbocycles. The lowest BCUT2D eigenvalue weighted by Gasteiger charge is -2.29. The first kappa shape index (κ1) is 8.72. The fourth-order valence-corrected chi connectivity index (χ4v) is 1.94. The Kier molecular flexibility index (Phi) is 2.61. The van der Waals surface area contributed by atoms with Gasteiger partial charge in [-0.05, 0) is 18.8 Å². The van der Waals surface area contributed by atoms with Gasteiger partial charge in [-0.2, -0.15) is 0 Å². The second-order valence-electron chi connectivity index (χ2n) is 3.76. The molecule has 0 aromatic carbocycles. The number of hydrogen-bond acceptors (Lipinski definition) is 3. The molecule has 1 aliphatic rings. The van der Waals surface area contributed by atoms with Crippen LogP contribution in [0.3, 0.4) is 0 Å². The second kappa shape index (κ2) is 3.89. The van der Waals surface area contributed by atoms with Gasteiger partial charge in [-0.25, -0.2) is 9.99 Å². The molecule has 0 unspecified atom stereocenters. The number of rotatable bonds is 2. The van der Waals surface area contributed by atoms with Gasteiger partial charge in [0.2, 0.25) is 0 Å². The molecule has 1 aromatic rings. The van der Waals surface area contributed by atoms with E-state index in [9.17, 15) is 0 Å². The van der Waals surface area contributed by atoms with Crippen LogP contribution in [0.1, 0.15) is 12.8 Å². The average Bonchev–Trinajstić information content (AvgIpc) is 2.57. The third-order valence-corrected chi connectivity index (χ3v) is 2.58. The van der Waals surface area contributed by atoms with Crippen LogP contribution in [0.5, 0.6) is 0 Å². The summed E-state index contributed by atoms with van der Waals surface area (Å²) in [5.41, 5.74) is 0. The lowest BCUT2D eigenvalue weighted by molar-refractivity contribution is 0.165. The van der Waals surface area contributed by atoms with E-state index in [1.54, 1.807) is 0 Å². The van der Waals surface area contributed by atoms with Gasteiger partial charge in [0, 0.05) is 32.0 Å². The summed E-state index contributed by atoms with van der Waals surface area (Å²) in [4.78, 5) is 4.02. The zero-order valence-corrected chi connectivity index (χ0v) is 7.76. The van der Waals surface area contributed by atoms with E-state index < -0.39 is 0 Å². The molecule has 1 aromatic heterocycles. The summed E-state index contributed by atoms with van der Waals surface area (Å²) in [6.07, 6.45) is 8.20. The first-order valence-corrected chi connectivity index (χ1v) is 4.80. The van der Waals surface area contributed by atoms with Crippen molar-refractivity contribution in [1.29, 1.82) is 0 Å². The summed E-state index contributed by atoms with van der Waals surface area (Å²) in [5, 5.41) is 1.92. The molecule has 0 spiro atoms. The molecule has 0 amide bonds. The number of hydrazine groups is 1. The van der Waals surface area contributed by atoms with Crippen LogP contribution < -0.4 is 5.84 Å². The second-order valence-corrected chi connectivity index (χ2v) is 3.76. The smallest absolute Gasteiger partial charge is 0.0946 e. The van der Waals surface area contributed by atoms with Crippen LogP contribution in [0.4, 0.5) is 0 Å². The molecule has 13 heavy (non-hydrogen) atoms. The van der Waals surface area contributed by atoms with Crippen molar-refractivity contribution < 1.29 is 0 Å². The van der Waals surface area contributed by atoms with Gasteiger partial charge in [-0.15, -0.1) is 0 Å². The van der Waals surface area contributed by atoms with Crippen LogP contribution in [0, 0.1) is 5.92 Å². The van der Waals surface area contributed by atoms with E-state index in [2.05, 4.69) is 9.55 Å². The van der Waals surface area contributed by atoms with Gasteiger partial charge in [0.25, 0.3) is 0 Å². The van der Waals surface area contributed by atoms with E-state index in [1.165, 1.54) is 12.8 Å². The van der Waals surface area contributed by atoms with Gasteiger partial charge < -0.3 is 4.57 Å². The number of imidazole rings is 1. The van der Waals surface area contributed by atoms with Crippen LogP contribution in [-0.2, 0) is 6.54 Å². The fourth-order valence-electron chi connectivity index (χ4n) is 1.94. The fraction of sp³-hybridized carbons (Fsp3) is 0.667. The highest BCUT2D eigenvalue weighted by Gasteiger charge is 2.17. The number of hydrogen-bond donors (Lipinski definition) is 1. The van der Waals surface area contributed by atoms with Crippen molar-refractivity contribution >= 4 is 0 Å². The minimum Gasteiger partial charge on any atom is -0.337 e. The third-order valence-electron chi connectivity index (χ3n) is 2.58. The SMILES string of the molecule is NN1CCC[C@H](Cn2ccnc2)C1. The van der Waals surface area contributed by atoms with Crippen LogP contribution in [0.2, 0.25) is 0 Å². The highest BCUT2D eigenvalue weighted by molar-refractivity contribution is 4.77. The van der Waals surface area contributed by atoms with Crippen molar-refractivity contribution in [2.45, 2.75) is 19.4 Å². The molecular formula is C9H16N4. The molecular weight excluding hydrogens is 164 g/mol. The Morgan fingerprint density at radius 2 is 2.46 bits per heavy atom. The van der Waals surface area contributed by atoms with Crippen molar-refractivity contribution in [2.75, 3.05) is 13.1 Å². The topological polar surface area (TPSA) is 47.1 Å². The van der Waals surface area contributed by atoms with E-state index in [0.717, 1.165) is 19.6 Å². The zero-order chi connectivity index (χ0) is 9.10. The average molecular weight is 180 g/mol. The maximum atomic E-state index is 5.76. The summed E-state index contributed by atoms with van der Waals surface area (Å²) >= 11 is 0. The quantitative estimate of drug-likeness (QED) is 0.673. The lowest BCUT2D eigenvalue weighted by Crippen LogP contribution is -2.41. The minimum absolute atomic E-state index is 0.688. The van der Waals surface area contributed by atoms with E-state index in [0.29, 0.717) is 5.92 Å². The Morgan fingerprint density at radius 3 is 3.15 bits per heavy atom. The van der Waals surface area contributed by atoms with Crippen LogP contribution in [0.25, 0.3) is 0 Å². The van der Waals surface area contributed by atoms with Gasteiger partial charge in [0.15, 0.2) is 0 Å². The van der Waals surface area contributed by atoms with Gasteiger partial charge in [0.05, 0.1) is 6.33 Å². The van der Waals surface area contributed by atoms with Crippen molar-refractivity contribution in [2.24, 2.45) is 11.8 Å². The summed E-state index contributed by atoms with van der Waals surface area (Å²) in [5.74, 6) is 6.45. The number of piperidine rings is 1. The summed E-state index contributed by atoms with van der Waals surface area (Å²) in [6, 6.07) is 0. The van der Waals surface area contributed by atoms with E-state index >= 15 is 0 Å². The molecule has 1 atom stereocenters. The molecule has 1 saturated heterocycles. The van der Waals surface area contributed by atoms with E-state index in [1.807, 2.05) is 23.7 Å². The Bertz CT molecular complexity index is 244. The summed E-state index contributed by atoms with van der Waals surface area (Å²) in [6.45, 7) is 3.10. The molecule has 0 aliphatic carbocycles. The first-order valence-electron chi connectivity index (χ1n) is 4.80. The Morgan fingerprint density at radius 1 is 1.54 bits per heavy atom. The predicted octanol–water partition coefficient (Wildman–Crippen LogP) is 0.469. The van der Waals surface area contributed by atoms with Gasteiger partial charge in [0.1, 0.15) is 0 Å². The molecule has 0 radical (unpaired) electrons. The van der Waals surface area contributed by atoms with Crippen molar-refractivity contribution in [3.05, 3.63) is 18.7 Å². The van der Waals surface area contributed by atoms with Gasteiger partial charge in [-0.3, -0.25) is 5.84 Å². The molecule has 1 aliphatic heterocycles. The Labute approximate surface area is 78.3 Å². The summed E-state index contributed by atoms with van der Waals surface area (Å²) in [7, 11) is 0. The number of nitrogens with zero attached hydrogens (tertiary/aromatic N) is 3. The van der Waals surface area contributed by atoms with Crippen LogP contribution in [0.15, 0.2) is 18.7 Å². The van der Waals surface area contributed by atoms with Crippen molar-refractivity contribution in [3.63, 3.8) is 0 Å². The molecule has 0 bridgehead atoms. The van der Waals surface area contributed by atoms with Gasteiger partial charge in [-0.1, -0.05) is 0 Å².